The Morgan fingerprint density at radius 3 is 1.85 bits per heavy atom. The lowest BCUT2D eigenvalue weighted by atomic mass is 10.2. The summed E-state index contributed by atoms with van der Waals surface area (Å²) in [5, 5.41) is 1.64. The predicted molar refractivity (Wildman–Crippen MR) is 67.2 cm³/mol. The summed E-state index contributed by atoms with van der Waals surface area (Å²) in [5.41, 5.74) is 1.37. The highest BCUT2D eigenvalue weighted by Crippen LogP contribution is 2.08. The molecule has 1 aromatic rings. The van der Waals surface area contributed by atoms with Crippen molar-refractivity contribution in [2.75, 3.05) is 0 Å². The molecule has 72 valence electrons. The number of benzene rings is 1. The third-order valence-electron chi connectivity index (χ3n) is 3.24. The highest BCUT2D eigenvalue weighted by Gasteiger charge is 2.27. The maximum Gasteiger partial charge on any atom is 0.0701 e. The largest absolute Gasteiger partial charge is 0.0738 e. The van der Waals surface area contributed by atoms with Crippen LogP contribution >= 0.6 is 0 Å². The van der Waals surface area contributed by atoms with Gasteiger partial charge in [-0.2, -0.15) is 0 Å². The van der Waals surface area contributed by atoms with Gasteiger partial charge in [-0.1, -0.05) is 61.2 Å². The first-order valence-electron chi connectivity index (χ1n) is 5.01. The molecule has 2 heteroatoms. The third kappa shape index (κ3) is 2.32. The van der Waals surface area contributed by atoms with Gasteiger partial charge in [-0.15, -0.1) is 0 Å². The molecule has 13 heavy (non-hydrogen) atoms. The van der Waals surface area contributed by atoms with Gasteiger partial charge < -0.3 is 0 Å². The van der Waals surface area contributed by atoms with Crippen LogP contribution in [0.1, 0.15) is 5.56 Å². The lowest BCUT2D eigenvalue weighted by molar-refractivity contribution is 1.48. The standard InChI is InChI=1S/C11H20Si2/c1-10-6-8-11(9-7-10)13(4,5)12(2)3/h6-9,12H,1-5H3. The Morgan fingerprint density at radius 1 is 1.00 bits per heavy atom. The monoisotopic (exact) mass is 208 g/mol. The summed E-state index contributed by atoms with van der Waals surface area (Å²) in [4.78, 5) is 0. The minimum atomic E-state index is -1.04. The van der Waals surface area contributed by atoms with Crippen molar-refractivity contribution in [3.05, 3.63) is 29.8 Å². The van der Waals surface area contributed by atoms with E-state index in [4.69, 9.17) is 0 Å². The SMILES string of the molecule is Cc1ccc([Si](C)(C)[SiH](C)C)cc1. The average molecular weight is 208 g/mol. The van der Waals surface area contributed by atoms with Gasteiger partial charge in [0.05, 0.1) is 7.59 Å². The fraction of sp³-hybridized carbons (Fsp3) is 0.455. The molecule has 0 nitrogen and oxygen atoms in total. The first-order valence-corrected chi connectivity index (χ1v) is 12.1. The van der Waals surface area contributed by atoms with Crippen LogP contribution in [0, 0.1) is 6.92 Å². The third-order valence-corrected chi connectivity index (χ3v) is 17.6. The van der Waals surface area contributed by atoms with Crippen LogP contribution in [0.2, 0.25) is 26.2 Å². The molecule has 0 N–H and O–H groups in total. The summed E-state index contributed by atoms with van der Waals surface area (Å²) in [6.07, 6.45) is 0. The molecular weight excluding hydrogens is 188 g/mol. The topological polar surface area (TPSA) is 0 Å². The number of hydrogen-bond acceptors (Lipinski definition) is 0. The number of rotatable bonds is 2. The van der Waals surface area contributed by atoms with Gasteiger partial charge in [0.25, 0.3) is 0 Å². The minimum absolute atomic E-state index is 0.483. The van der Waals surface area contributed by atoms with Crippen molar-refractivity contribution in [1.82, 2.24) is 0 Å². The molecule has 0 aliphatic heterocycles. The van der Waals surface area contributed by atoms with Crippen LogP contribution in [0.4, 0.5) is 0 Å². The second-order valence-electron chi connectivity index (χ2n) is 4.74. The maximum absolute atomic E-state index is 2.51. The van der Waals surface area contributed by atoms with Crippen LogP contribution in [0.25, 0.3) is 0 Å². The quantitative estimate of drug-likeness (QED) is 0.655. The summed E-state index contributed by atoms with van der Waals surface area (Å²) in [6, 6.07) is 9.19. The van der Waals surface area contributed by atoms with Crippen molar-refractivity contribution in [3.63, 3.8) is 0 Å². The van der Waals surface area contributed by atoms with E-state index in [2.05, 4.69) is 57.4 Å². The average Bonchev–Trinajstić information content (AvgIpc) is 2.04. The summed E-state index contributed by atoms with van der Waals surface area (Å²) in [7, 11) is -1.52. The van der Waals surface area contributed by atoms with Crippen LogP contribution in [0.3, 0.4) is 0 Å². The van der Waals surface area contributed by atoms with E-state index in [9.17, 15) is 0 Å². The van der Waals surface area contributed by atoms with Gasteiger partial charge >= 0.3 is 0 Å². The van der Waals surface area contributed by atoms with E-state index in [1.165, 1.54) is 5.56 Å². The lowest BCUT2D eigenvalue weighted by Crippen LogP contribution is -2.52. The molecule has 0 aliphatic rings. The van der Waals surface area contributed by atoms with Gasteiger partial charge in [-0.25, -0.2) is 0 Å². The molecule has 0 aromatic heterocycles. The van der Waals surface area contributed by atoms with Crippen molar-refractivity contribution in [2.24, 2.45) is 0 Å². The molecule has 0 spiro atoms. The Morgan fingerprint density at radius 2 is 1.46 bits per heavy atom. The Labute approximate surface area is 84.4 Å². The zero-order chi connectivity index (χ0) is 10.1. The Balaban J connectivity index is 3.01. The van der Waals surface area contributed by atoms with Crippen LogP contribution in [-0.2, 0) is 0 Å². The van der Waals surface area contributed by atoms with E-state index >= 15 is 0 Å². The molecule has 0 radical (unpaired) electrons. The molecular formula is C11H20Si2. The van der Waals surface area contributed by atoms with Gasteiger partial charge in [0, 0.05) is 8.31 Å². The molecule has 1 aromatic carbocycles. The first-order chi connectivity index (χ1) is 5.94. The smallest absolute Gasteiger partial charge is 0.0701 e. The number of aryl methyl sites for hydroxylation is 1. The molecule has 1 rings (SSSR count). The van der Waals surface area contributed by atoms with Gasteiger partial charge in [-0.3, -0.25) is 0 Å². The van der Waals surface area contributed by atoms with Crippen molar-refractivity contribution in [2.45, 2.75) is 33.1 Å². The minimum Gasteiger partial charge on any atom is -0.0738 e. The van der Waals surface area contributed by atoms with E-state index in [1.807, 2.05) is 0 Å². The van der Waals surface area contributed by atoms with Crippen molar-refractivity contribution in [1.29, 1.82) is 0 Å². The molecule has 0 fully saturated rings. The van der Waals surface area contributed by atoms with Crippen molar-refractivity contribution >= 4 is 21.1 Å². The Kier molecular flexibility index (Phi) is 3.14. The van der Waals surface area contributed by atoms with Crippen LogP contribution in [0.15, 0.2) is 24.3 Å². The molecule has 0 bridgehead atoms. The first kappa shape index (κ1) is 10.7. The van der Waals surface area contributed by atoms with E-state index in [-0.39, 0.29) is 0 Å². The van der Waals surface area contributed by atoms with E-state index in [0.717, 1.165) is 0 Å². The predicted octanol–water partition coefficient (Wildman–Crippen LogP) is 2.48. The van der Waals surface area contributed by atoms with Crippen molar-refractivity contribution in [3.8, 4) is 0 Å². The fourth-order valence-corrected chi connectivity index (χ4v) is 5.59. The highest BCUT2D eigenvalue weighted by molar-refractivity contribution is 7.37. The second-order valence-corrected chi connectivity index (χ2v) is 18.9. The molecule has 0 amide bonds. The molecule has 0 unspecified atom stereocenters. The van der Waals surface area contributed by atoms with E-state index < -0.39 is 15.9 Å². The van der Waals surface area contributed by atoms with E-state index in [1.54, 1.807) is 5.19 Å². The highest BCUT2D eigenvalue weighted by atomic mass is 29.2. The van der Waals surface area contributed by atoms with Gasteiger partial charge in [-0.05, 0) is 6.92 Å². The van der Waals surface area contributed by atoms with Gasteiger partial charge in [0.2, 0.25) is 0 Å². The van der Waals surface area contributed by atoms with Gasteiger partial charge in [0.1, 0.15) is 0 Å². The van der Waals surface area contributed by atoms with Crippen LogP contribution in [-0.4, -0.2) is 15.9 Å². The normalized spacial score (nSPS) is 12.2. The number of hydrogen-bond donors (Lipinski definition) is 0. The second kappa shape index (κ2) is 3.80. The molecule has 0 atom stereocenters. The van der Waals surface area contributed by atoms with Gasteiger partial charge in [0.15, 0.2) is 0 Å². The summed E-state index contributed by atoms with van der Waals surface area (Å²) < 4.78 is 0. The van der Waals surface area contributed by atoms with Crippen LogP contribution in [0.5, 0.6) is 0 Å². The Bertz CT molecular complexity index is 273. The molecule has 0 heterocycles. The zero-order valence-electron chi connectivity index (χ0n) is 9.39. The molecule has 0 saturated carbocycles. The molecule has 0 saturated heterocycles. The lowest BCUT2D eigenvalue weighted by Gasteiger charge is -2.26. The summed E-state index contributed by atoms with van der Waals surface area (Å²) >= 11 is 0. The maximum atomic E-state index is 2.51. The fourth-order valence-electron chi connectivity index (χ4n) is 1.32. The van der Waals surface area contributed by atoms with Crippen molar-refractivity contribution < 1.29 is 0 Å². The zero-order valence-corrected chi connectivity index (χ0v) is 11.5. The summed E-state index contributed by atoms with van der Waals surface area (Å²) in [5.74, 6) is 0. The molecule has 0 aliphatic carbocycles. The van der Waals surface area contributed by atoms with Crippen LogP contribution < -0.4 is 5.19 Å². The summed E-state index contributed by atoms with van der Waals surface area (Å²) in [6.45, 7) is 12.1. The Hall–Kier alpha value is -0.346. The van der Waals surface area contributed by atoms with E-state index in [0.29, 0.717) is 0 Å².